The Hall–Kier alpha value is -2.37. The molecule has 3 aliphatic heterocycles. The summed E-state index contributed by atoms with van der Waals surface area (Å²) >= 11 is 0. The molecule has 3 heterocycles. The number of anilines is 1. The van der Waals surface area contributed by atoms with Crippen LogP contribution in [0.25, 0.3) is 0 Å². The van der Waals surface area contributed by atoms with Gasteiger partial charge in [-0.25, -0.2) is 0 Å². The molecule has 6 nitrogen and oxygen atoms in total. The van der Waals surface area contributed by atoms with E-state index in [0.717, 1.165) is 32.4 Å². The fourth-order valence-corrected chi connectivity index (χ4v) is 3.97. The number of para-hydroxylation sites is 1. The second-order valence-electron chi connectivity index (χ2n) is 6.69. The fraction of sp³-hybridized carbons (Fsp3) is 0.500. The summed E-state index contributed by atoms with van der Waals surface area (Å²) in [7, 11) is 0. The highest BCUT2D eigenvalue weighted by Gasteiger charge is 2.42. The van der Waals surface area contributed by atoms with Crippen LogP contribution in [0.5, 0.6) is 0 Å². The third-order valence-corrected chi connectivity index (χ3v) is 5.24. The van der Waals surface area contributed by atoms with Gasteiger partial charge in [-0.2, -0.15) is 0 Å². The van der Waals surface area contributed by atoms with E-state index < -0.39 is 6.04 Å². The number of likely N-dealkylation sites (tertiary alicyclic amines) is 1. The van der Waals surface area contributed by atoms with Gasteiger partial charge in [0, 0.05) is 19.6 Å². The Balaban J connectivity index is 1.70. The normalized spacial score (nSPS) is 23.3. The second-order valence-corrected chi connectivity index (χ2v) is 6.69. The number of fused-ring (bicyclic) bond motifs is 2. The first-order valence-corrected chi connectivity index (χ1v) is 8.66. The van der Waals surface area contributed by atoms with Crippen LogP contribution in [0.1, 0.15) is 36.0 Å². The lowest BCUT2D eigenvalue weighted by Gasteiger charge is -2.27. The summed E-state index contributed by atoms with van der Waals surface area (Å²) in [5.74, 6) is -0.259. The van der Waals surface area contributed by atoms with E-state index in [1.165, 1.54) is 4.90 Å². The quantitative estimate of drug-likeness (QED) is 0.822. The molecule has 3 amide bonds. The molecule has 2 saturated heterocycles. The van der Waals surface area contributed by atoms with Crippen molar-refractivity contribution in [3.63, 3.8) is 0 Å². The number of hydrogen-bond donors (Lipinski definition) is 0. The number of nitrogens with zero attached hydrogens (tertiary/aromatic N) is 3. The molecular formula is C18H21N3O3. The minimum atomic E-state index is -0.434. The van der Waals surface area contributed by atoms with Gasteiger partial charge in [0.25, 0.3) is 5.91 Å². The Morgan fingerprint density at radius 1 is 1.04 bits per heavy atom. The van der Waals surface area contributed by atoms with Crippen molar-refractivity contribution in [2.24, 2.45) is 0 Å². The summed E-state index contributed by atoms with van der Waals surface area (Å²) in [5.41, 5.74) is 1.08. The first kappa shape index (κ1) is 15.2. The van der Waals surface area contributed by atoms with E-state index in [4.69, 9.17) is 0 Å². The van der Waals surface area contributed by atoms with Crippen molar-refractivity contribution < 1.29 is 14.4 Å². The smallest absolute Gasteiger partial charge is 0.256 e. The minimum Gasteiger partial charge on any atom is -0.341 e. The highest BCUT2D eigenvalue weighted by atomic mass is 16.2. The molecule has 0 N–H and O–H groups in total. The first-order valence-electron chi connectivity index (χ1n) is 8.66. The predicted molar refractivity (Wildman–Crippen MR) is 88.7 cm³/mol. The fourth-order valence-electron chi connectivity index (χ4n) is 3.97. The van der Waals surface area contributed by atoms with Crippen LogP contribution in [-0.4, -0.2) is 59.7 Å². The van der Waals surface area contributed by atoms with Gasteiger partial charge >= 0.3 is 0 Å². The van der Waals surface area contributed by atoms with E-state index in [9.17, 15) is 14.4 Å². The highest BCUT2D eigenvalue weighted by molar-refractivity contribution is 6.12. The summed E-state index contributed by atoms with van der Waals surface area (Å²) < 4.78 is 0. The van der Waals surface area contributed by atoms with Crippen molar-refractivity contribution in [3.8, 4) is 0 Å². The zero-order valence-electron chi connectivity index (χ0n) is 13.6. The SMILES string of the molecule is O=C(CN1C(=O)C2CCCN2C(=O)c2ccccc21)N1CCCC1. The van der Waals surface area contributed by atoms with Gasteiger partial charge in [0.15, 0.2) is 0 Å². The Labute approximate surface area is 141 Å². The van der Waals surface area contributed by atoms with E-state index >= 15 is 0 Å². The van der Waals surface area contributed by atoms with E-state index in [1.54, 1.807) is 23.1 Å². The van der Waals surface area contributed by atoms with Crippen molar-refractivity contribution >= 4 is 23.4 Å². The molecule has 24 heavy (non-hydrogen) atoms. The lowest BCUT2D eigenvalue weighted by molar-refractivity contribution is -0.131. The monoisotopic (exact) mass is 327 g/mol. The molecule has 126 valence electrons. The molecule has 0 aliphatic carbocycles. The minimum absolute atomic E-state index is 0.0213. The average Bonchev–Trinajstić information content (AvgIpc) is 3.28. The zero-order chi connectivity index (χ0) is 16.7. The van der Waals surface area contributed by atoms with Crippen LogP contribution in [-0.2, 0) is 9.59 Å². The van der Waals surface area contributed by atoms with Gasteiger partial charge < -0.3 is 14.7 Å². The number of amides is 3. The molecule has 3 aliphatic rings. The van der Waals surface area contributed by atoms with E-state index in [2.05, 4.69) is 0 Å². The van der Waals surface area contributed by atoms with Crippen molar-refractivity contribution in [2.75, 3.05) is 31.1 Å². The highest BCUT2D eigenvalue weighted by Crippen LogP contribution is 2.32. The van der Waals surface area contributed by atoms with Crippen LogP contribution < -0.4 is 4.90 Å². The van der Waals surface area contributed by atoms with Crippen LogP contribution in [0.4, 0.5) is 5.69 Å². The number of benzene rings is 1. The van der Waals surface area contributed by atoms with Crippen molar-refractivity contribution in [1.82, 2.24) is 9.80 Å². The summed E-state index contributed by atoms with van der Waals surface area (Å²) in [6.07, 6.45) is 3.54. The van der Waals surface area contributed by atoms with Crippen LogP contribution in [0.15, 0.2) is 24.3 Å². The standard InChI is InChI=1S/C18H21N3O3/c22-16(19-9-3-4-10-19)12-21-14-7-2-1-6-13(14)17(23)20-11-5-8-15(20)18(21)24/h1-2,6-7,15H,3-5,8-12H2. The molecule has 1 unspecified atom stereocenters. The van der Waals surface area contributed by atoms with Gasteiger partial charge in [-0.3, -0.25) is 14.4 Å². The predicted octanol–water partition coefficient (Wildman–Crippen LogP) is 1.26. The lowest BCUT2D eigenvalue weighted by Crippen LogP contribution is -2.48. The molecule has 0 radical (unpaired) electrons. The van der Waals surface area contributed by atoms with Crippen molar-refractivity contribution in [3.05, 3.63) is 29.8 Å². The Morgan fingerprint density at radius 3 is 2.58 bits per heavy atom. The number of rotatable bonds is 2. The maximum atomic E-state index is 13.0. The van der Waals surface area contributed by atoms with Gasteiger partial charge in [0.05, 0.1) is 11.3 Å². The Kier molecular flexibility index (Phi) is 3.75. The van der Waals surface area contributed by atoms with E-state index in [-0.39, 0.29) is 24.3 Å². The number of carbonyl (C=O) groups excluding carboxylic acids is 3. The second kappa shape index (κ2) is 5.92. The van der Waals surface area contributed by atoms with Gasteiger partial charge in [-0.1, -0.05) is 12.1 Å². The van der Waals surface area contributed by atoms with Crippen molar-refractivity contribution in [2.45, 2.75) is 31.7 Å². The van der Waals surface area contributed by atoms with Gasteiger partial charge in [0.2, 0.25) is 11.8 Å². The molecule has 0 spiro atoms. The molecule has 0 bridgehead atoms. The van der Waals surface area contributed by atoms with Gasteiger partial charge in [-0.05, 0) is 37.8 Å². The van der Waals surface area contributed by atoms with Gasteiger partial charge in [-0.15, -0.1) is 0 Å². The molecular weight excluding hydrogens is 306 g/mol. The maximum absolute atomic E-state index is 13.0. The molecule has 1 atom stereocenters. The van der Waals surface area contributed by atoms with Crippen LogP contribution in [0.2, 0.25) is 0 Å². The summed E-state index contributed by atoms with van der Waals surface area (Å²) in [6, 6.07) is 6.70. The lowest BCUT2D eigenvalue weighted by atomic mass is 10.1. The third kappa shape index (κ3) is 2.37. The topological polar surface area (TPSA) is 60.9 Å². The van der Waals surface area contributed by atoms with Gasteiger partial charge in [0.1, 0.15) is 12.6 Å². The van der Waals surface area contributed by atoms with Crippen LogP contribution >= 0.6 is 0 Å². The first-order chi connectivity index (χ1) is 11.7. The number of hydrogen-bond acceptors (Lipinski definition) is 3. The van der Waals surface area contributed by atoms with Crippen LogP contribution in [0, 0.1) is 0 Å². The van der Waals surface area contributed by atoms with E-state index in [1.807, 2.05) is 11.0 Å². The molecule has 1 aromatic rings. The van der Waals surface area contributed by atoms with E-state index in [0.29, 0.717) is 24.2 Å². The van der Waals surface area contributed by atoms with Crippen LogP contribution in [0.3, 0.4) is 0 Å². The average molecular weight is 327 g/mol. The molecule has 0 saturated carbocycles. The molecule has 0 aromatic heterocycles. The molecule has 2 fully saturated rings. The largest absolute Gasteiger partial charge is 0.341 e. The summed E-state index contributed by atoms with van der Waals surface area (Å²) in [5, 5.41) is 0. The number of carbonyl (C=O) groups is 3. The maximum Gasteiger partial charge on any atom is 0.256 e. The Morgan fingerprint density at radius 2 is 1.79 bits per heavy atom. The Bertz CT molecular complexity index is 697. The molecule has 1 aromatic carbocycles. The third-order valence-electron chi connectivity index (χ3n) is 5.24. The summed E-state index contributed by atoms with van der Waals surface area (Å²) in [6.45, 7) is 2.15. The van der Waals surface area contributed by atoms with Crippen molar-refractivity contribution in [1.29, 1.82) is 0 Å². The summed E-state index contributed by atoms with van der Waals surface area (Å²) in [4.78, 5) is 43.5. The molecule has 6 heteroatoms. The zero-order valence-corrected chi connectivity index (χ0v) is 13.6. The molecule has 4 rings (SSSR count).